The summed E-state index contributed by atoms with van der Waals surface area (Å²) < 4.78 is 3.96. The number of carbonyl (C=O) groups excluding carboxylic acids is 1. The minimum atomic E-state index is -0.583. The van der Waals surface area contributed by atoms with Crippen molar-refractivity contribution < 1.29 is 9.08 Å². The number of carbonyl (C=O) groups is 1. The van der Waals surface area contributed by atoms with Crippen LogP contribution in [0.2, 0.25) is 0 Å². The van der Waals surface area contributed by atoms with Gasteiger partial charge in [0.15, 0.2) is 0 Å². The maximum atomic E-state index is 10.7. The summed E-state index contributed by atoms with van der Waals surface area (Å²) in [6, 6.07) is 0. The first-order valence-electron chi connectivity index (χ1n) is 9.13. The minimum Gasteiger partial charge on any atom is -0.344 e. The van der Waals surface area contributed by atoms with Crippen molar-refractivity contribution >= 4 is 17.8 Å². The summed E-state index contributed by atoms with van der Waals surface area (Å²) >= 11 is 4.88. The number of rotatable bonds is 14. The van der Waals surface area contributed by atoms with Crippen LogP contribution in [0.4, 0.5) is 0 Å². The van der Waals surface area contributed by atoms with Crippen LogP contribution in [0.15, 0.2) is 72.9 Å². The predicted molar refractivity (Wildman–Crippen MR) is 109 cm³/mol. The van der Waals surface area contributed by atoms with E-state index in [-0.39, 0.29) is 0 Å². The lowest BCUT2D eigenvalue weighted by Gasteiger charge is -1.98. The molecule has 3 heteroatoms. The molecule has 0 aliphatic carbocycles. The van der Waals surface area contributed by atoms with Crippen LogP contribution in [-0.2, 0) is 9.08 Å². The van der Waals surface area contributed by atoms with Gasteiger partial charge in [-0.15, -0.1) is 0 Å². The zero-order valence-corrected chi connectivity index (χ0v) is 16.0. The van der Waals surface area contributed by atoms with Gasteiger partial charge in [0.2, 0.25) is 0 Å². The third-order valence-electron chi connectivity index (χ3n) is 3.42. The van der Waals surface area contributed by atoms with Gasteiger partial charge in [-0.25, -0.2) is 4.79 Å². The molecule has 0 atom stereocenters. The Hall–Kier alpha value is -1.80. The van der Waals surface area contributed by atoms with Gasteiger partial charge >= 0.3 is 5.97 Å². The van der Waals surface area contributed by atoms with Crippen LogP contribution < -0.4 is 0 Å². The van der Waals surface area contributed by atoms with Gasteiger partial charge in [-0.1, -0.05) is 112 Å². The highest BCUT2D eigenvalue weighted by atomic mass is 35.5. The number of hydrogen-bond acceptors (Lipinski definition) is 2. The molecule has 0 saturated heterocycles. The summed E-state index contributed by atoms with van der Waals surface area (Å²) in [6.45, 7) is 2.25. The van der Waals surface area contributed by atoms with Gasteiger partial charge in [0.25, 0.3) is 0 Å². The number of hydrogen-bond donors (Lipinski definition) is 0. The third kappa shape index (κ3) is 20.2. The lowest BCUT2D eigenvalue weighted by atomic mass is 10.1. The molecule has 0 heterocycles. The summed E-state index contributed by atoms with van der Waals surface area (Å²) in [5, 5.41) is 0. The number of allylic oxidation sites excluding steroid dienone is 11. The molecule has 0 unspecified atom stereocenters. The van der Waals surface area contributed by atoms with E-state index in [1.54, 1.807) is 12.2 Å². The second kappa shape index (κ2) is 20.2. The van der Waals surface area contributed by atoms with Gasteiger partial charge in [0, 0.05) is 6.08 Å². The molecule has 0 amide bonds. The highest BCUT2D eigenvalue weighted by Crippen LogP contribution is 2.08. The molecular weight excluding hydrogens is 332 g/mol. The Kier molecular flexibility index (Phi) is 18.8. The topological polar surface area (TPSA) is 26.3 Å². The first-order valence-corrected chi connectivity index (χ1v) is 9.44. The van der Waals surface area contributed by atoms with Crippen LogP contribution in [0, 0.1) is 0 Å². The SMILES string of the molecule is CCCCCCCCC/C=C/C=C/C=C/C=C/C=C/C=C/C(=O)OCl. The highest BCUT2D eigenvalue weighted by Gasteiger charge is 1.89. The Morgan fingerprint density at radius 3 is 1.76 bits per heavy atom. The molecule has 0 aromatic carbocycles. The second-order valence-corrected chi connectivity index (χ2v) is 5.79. The molecule has 0 spiro atoms. The molecule has 0 aromatic rings. The third-order valence-corrected chi connectivity index (χ3v) is 3.57. The fraction of sp³-hybridized carbons (Fsp3) is 0.409. The Balaban J connectivity index is 3.61. The van der Waals surface area contributed by atoms with Crippen LogP contribution in [0.5, 0.6) is 0 Å². The molecule has 138 valence electrons. The van der Waals surface area contributed by atoms with Gasteiger partial charge < -0.3 is 4.29 Å². The van der Waals surface area contributed by atoms with Crippen molar-refractivity contribution in [1.82, 2.24) is 0 Å². The average Bonchev–Trinajstić information content (AvgIpc) is 2.63. The van der Waals surface area contributed by atoms with Crippen molar-refractivity contribution in [3.8, 4) is 0 Å². The van der Waals surface area contributed by atoms with Crippen LogP contribution in [0.3, 0.4) is 0 Å². The molecule has 0 fully saturated rings. The molecule has 0 radical (unpaired) electrons. The Morgan fingerprint density at radius 1 is 0.720 bits per heavy atom. The zero-order valence-electron chi connectivity index (χ0n) is 15.3. The van der Waals surface area contributed by atoms with Gasteiger partial charge in [-0.05, 0) is 12.8 Å². The Bertz CT molecular complexity index is 482. The largest absolute Gasteiger partial charge is 0.349 e. The van der Waals surface area contributed by atoms with Gasteiger partial charge in [0.05, 0.1) is 0 Å². The smallest absolute Gasteiger partial charge is 0.344 e. The van der Waals surface area contributed by atoms with E-state index in [2.05, 4.69) is 23.4 Å². The number of unbranched alkanes of at least 4 members (excludes halogenated alkanes) is 7. The summed E-state index contributed by atoms with van der Waals surface area (Å²) in [7, 11) is 0. The predicted octanol–water partition coefficient (Wildman–Crippen LogP) is 7.16. The maximum Gasteiger partial charge on any atom is 0.349 e. The number of halogens is 1. The van der Waals surface area contributed by atoms with E-state index in [9.17, 15) is 4.79 Å². The summed E-state index contributed by atoms with van der Waals surface area (Å²) in [5.41, 5.74) is 0. The van der Waals surface area contributed by atoms with E-state index in [4.69, 9.17) is 11.9 Å². The Labute approximate surface area is 158 Å². The van der Waals surface area contributed by atoms with Gasteiger partial charge in [-0.3, -0.25) is 0 Å². The van der Waals surface area contributed by atoms with E-state index in [1.807, 2.05) is 42.5 Å². The maximum absolute atomic E-state index is 10.7. The van der Waals surface area contributed by atoms with Crippen LogP contribution in [-0.4, -0.2) is 5.97 Å². The Morgan fingerprint density at radius 2 is 1.20 bits per heavy atom. The van der Waals surface area contributed by atoms with E-state index in [1.165, 1.54) is 51.0 Å². The van der Waals surface area contributed by atoms with Crippen molar-refractivity contribution in [1.29, 1.82) is 0 Å². The lowest BCUT2D eigenvalue weighted by Crippen LogP contribution is -1.87. The van der Waals surface area contributed by atoms with Crippen LogP contribution in [0.25, 0.3) is 0 Å². The molecule has 0 bridgehead atoms. The summed E-state index contributed by atoms with van der Waals surface area (Å²) in [5.74, 6) is -0.583. The minimum absolute atomic E-state index is 0.583. The average molecular weight is 363 g/mol. The lowest BCUT2D eigenvalue weighted by molar-refractivity contribution is -0.128. The van der Waals surface area contributed by atoms with E-state index in [0.717, 1.165) is 6.42 Å². The quantitative estimate of drug-likeness (QED) is 0.186. The highest BCUT2D eigenvalue weighted by molar-refractivity contribution is 6.14. The van der Waals surface area contributed by atoms with Crippen LogP contribution in [0.1, 0.15) is 58.3 Å². The van der Waals surface area contributed by atoms with Gasteiger partial charge in [0.1, 0.15) is 11.9 Å². The van der Waals surface area contributed by atoms with Crippen molar-refractivity contribution in [3.63, 3.8) is 0 Å². The summed E-state index contributed by atoms with van der Waals surface area (Å²) in [4.78, 5) is 10.7. The van der Waals surface area contributed by atoms with E-state index in [0.29, 0.717) is 0 Å². The first-order chi connectivity index (χ1) is 12.3. The van der Waals surface area contributed by atoms with Crippen LogP contribution >= 0.6 is 11.9 Å². The van der Waals surface area contributed by atoms with Gasteiger partial charge in [-0.2, -0.15) is 0 Å². The van der Waals surface area contributed by atoms with Crippen molar-refractivity contribution in [3.05, 3.63) is 72.9 Å². The second-order valence-electron chi connectivity index (χ2n) is 5.63. The van der Waals surface area contributed by atoms with Crippen molar-refractivity contribution in [2.45, 2.75) is 58.3 Å². The molecule has 0 aliphatic rings. The molecule has 0 aliphatic heterocycles. The standard InChI is InChI=1S/C22H31ClO2/c1-2-3-4-5-6-7-8-9-10-11-12-13-14-15-16-17-18-19-20-21-22(24)25-23/h10-21H,2-9H2,1H3/b11-10+,13-12+,15-14+,17-16+,19-18+,21-20+. The molecule has 0 saturated carbocycles. The van der Waals surface area contributed by atoms with Crippen molar-refractivity contribution in [2.75, 3.05) is 0 Å². The fourth-order valence-corrected chi connectivity index (χ4v) is 2.12. The zero-order chi connectivity index (χ0) is 18.4. The molecule has 0 aromatic heterocycles. The first kappa shape index (κ1) is 23.2. The molecule has 0 rings (SSSR count). The molecule has 0 N–H and O–H groups in total. The van der Waals surface area contributed by atoms with E-state index >= 15 is 0 Å². The monoisotopic (exact) mass is 362 g/mol. The molecular formula is C22H31ClO2. The fourth-order valence-electron chi connectivity index (χ4n) is 2.07. The normalized spacial score (nSPS) is 12.9. The van der Waals surface area contributed by atoms with E-state index < -0.39 is 5.97 Å². The van der Waals surface area contributed by atoms with Crippen molar-refractivity contribution in [2.24, 2.45) is 0 Å². The summed E-state index contributed by atoms with van der Waals surface area (Å²) in [6.07, 6.45) is 33.1. The molecule has 2 nitrogen and oxygen atoms in total. The molecule has 25 heavy (non-hydrogen) atoms.